The number of fused-ring (bicyclic) bond motifs is 1. The van der Waals surface area contributed by atoms with Crippen LogP contribution >= 0.6 is 0 Å². The highest BCUT2D eigenvalue weighted by Gasteiger charge is 2.37. The molecule has 3 rings (SSSR count). The van der Waals surface area contributed by atoms with Crippen molar-refractivity contribution in [2.75, 3.05) is 7.05 Å². The zero-order chi connectivity index (χ0) is 14.9. The summed E-state index contributed by atoms with van der Waals surface area (Å²) in [5.74, 6) is 0.682. The molecule has 21 heavy (non-hydrogen) atoms. The van der Waals surface area contributed by atoms with E-state index >= 15 is 0 Å². The highest BCUT2D eigenvalue weighted by atomic mass is 14.9. The molecule has 0 spiro atoms. The Labute approximate surface area is 128 Å². The molecule has 0 saturated heterocycles. The Morgan fingerprint density at radius 1 is 1.24 bits per heavy atom. The van der Waals surface area contributed by atoms with Gasteiger partial charge in [0.15, 0.2) is 0 Å². The van der Waals surface area contributed by atoms with Crippen LogP contribution in [-0.4, -0.2) is 12.0 Å². The fraction of sp³-hybridized carbons (Fsp3) is 0.526. The first-order chi connectivity index (χ1) is 10.1. The number of pyridine rings is 1. The maximum atomic E-state index is 4.34. The topological polar surface area (TPSA) is 24.9 Å². The Hall–Kier alpha value is -1.41. The average molecular weight is 282 g/mol. The van der Waals surface area contributed by atoms with Crippen molar-refractivity contribution in [1.29, 1.82) is 0 Å². The van der Waals surface area contributed by atoms with Crippen LogP contribution in [0.3, 0.4) is 0 Å². The second-order valence-electron chi connectivity index (χ2n) is 7.05. The summed E-state index contributed by atoms with van der Waals surface area (Å²) in [6.45, 7) is 4.87. The lowest BCUT2D eigenvalue weighted by atomic mass is 9.64. The van der Waals surface area contributed by atoms with Crippen molar-refractivity contribution in [3.05, 3.63) is 42.2 Å². The molecule has 2 aromatic rings. The Kier molecular flexibility index (Phi) is 3.99. The van der Waals surface area contributed by atoms with Gasteiger partial charge in [0.2, 0.25) is 0 Å². The zero-order valence-corrected chi connectivity index (χ0v) is 13.4. The Morgan fingerprint density at radius 2 is 2.10 bits per heavy atom. The normalized spacial score (nSPS) is 23.1. The van der Waals surface area contributed by atoms with Crippen molar-refractivity contribution >= 4 is 10.8 Å². The Bertz CT molecular complexity index is 612. The molecule has 1 aromatic heterocycles. The van der Waals surface area contributed by atoms with Gasteiger partial charge in [-0.3, -0.25) is 4.98 Å². The standard InChI is InChI=1S/C19H26N2/c1-19(2)11-5-4-9-17(19)18(20-3)15-8-6-7-14-10-12-21-13-16(14)15/h6-8,10,12-13,17-18,20H,4-5,9,11H2,1-3H3. The molecule has 2 unspecified atom stereocenters. The van der Waals surface area contributed by atoms with Gasteiger partial charge in [0, 0.05) is 23.8 Å². The number of aromatic nitrogens is 1. The van der Waals surface area contributed by atoms with E-state index in [9.17, 15) is 0 Å². The van der Waals surface area contributed by atoms with Crippen LogP contribution in [0.1, 0.15) is 51.1 Å². The molecular weight excluding hydrogens is 256 g/mol. The van der Waals surface area contributed by atoms with E-state index in [1.54, 1.807) is 0 Å². The maximum absolute atomic E-state index is 4.34. The van der Waals surface area contributed by atoms with E-state index in [1.807, 2.05) is 12.4 Å². The van der Waals surface area contributed by atoms with Gasteiger partial charge >= 0.3 is 0 Å². The summed E-state index contributed by atoms with van der Waals surface area (Å²) in [6.07, 6.45) is 9.27. The van der Waals surface area contributed by atoms with Gasteiger partial charge in [0.1, 0.15) is 0 Å². The van der Waals surface area contributed by atoms with Gasteiger partial charge in [0.05, 0.1) is 0 Å². The van der Waals surface area contributed by atoms with Gasteiger partial charge in [-0.15, -0.1) is 0 Å². The second-order valence-corrected chi connectivity index (χ2v) is 7.05. The number of nitrogens with one attached hydrogen (secondary N) is 1. The molecule has 0 amide bonds. The van der Waals surface area contributed by atoms with Crippen molar-refractivity contribution in [2.45, 2.75) is 45.6 Å². The molecule has 1 N–H and O–H groups in total. The summed E-state index contributed by atoms with van der Waals surface area (Å²) in [7, 11) is 2.10. The van der Waals surface area contributed by atoms with Crippen LogP contribution in [0.25, 0.3) is 10.8 Å². The van der Waals surface area contributed by atoms with Crippen molar-refractivity contribution in [3.63, 3.8) is 0 Å². The van der Waals surface area contributed by atoms with E-state index in [1.165, 1.54) is 42.0 Å². The van der Waals surface area contributed by atoms with Crippen molar-refractivity contribution in [3.8, 4) is 0 Å². The van der Waals surface area contributed by atoms with E-state index in [2.05, 4.69) is 55.5 Å². The smallest absolute Gasteiger partial charge is 0.0358 e. The first-order valence-corrected chi connectivity index (χ1v) is 8.13. The molecule has 1 aromatic carbocycles. The molecule has 2 nitrogen and oxygen atoms in total. The van der Waals surface area contributed by atoms with Gasteiger partial charge in [-0.2, -0.15) is 0 Å². The third kappa shape index (κ3) is 2.69. The Balaban J connectivity index is 2.06. The molecule has 0 aliphatic heterocycles. The molecule has 1 aliphatic rings. The quantitative estimate of drug-likeness (QED) is 0.881. The minimum atomic E-state index is 0.399. The van der Waals surface area contributed by atoms with Crippen molar-refractivity contribution in [2.24, 2.45) is 11.3 Å². The summed E-state index contributed by atoms with van der Waals surface area (Å²) in [5, 5.41) is 6.19. The van der Waals surface area contributed by atoms with E-state index < -0.39 is 0 Å². The zero-order valence-electron chi connectivity index (χ0n) is 13.4. The highest BCUT2D eigenvalue weighted by Crippen LogP contribution is 2.47. The maximum Gasteiger partial charge on any atom is 0.0358 e. The van der Waals surface area contributed by atoms with Gasteiger partial charge in [-0.05, 0) is 48.2 Å². The third-order valence-electron chi connectivity index (χ3n) is 5.36. The van der Waals surface area contributed by atoms with Crippen LogP contribution in [0.5, 0.6) is 0 Å². The molecule has 1 heterocycles. The van der Waals surface area contributed by atoms with Crippen LogP contribution in [0.2, 0.25) is 0 Å². The molecule has 1 saturated carbocycles. The number of nitrogens with zero attached hydrogens (tertiary/aromatic N) is 1. The molecule has 112 valence electrons. The monoisotopic (exact) mass is 282 g/mol. The molecule has 2 heteroatoms. The average Bonchev–Trinajstić information content (AvgIpc) is 2.49. The predicted octanol–water partition coefficient (Wildman–Crippen LogP) is 4.71. The van der Waals surface area contributed by atoms with Gasteiger partial charge < -0.3 is 5.32 Å². The largest absolute Gasteiger partial charge is 0.313 e. The SMILES string of the molecule is CNC(c1cccc2ccncc12)C1CCCCC1(C)C. The summed E-state index contributed by atoms with van der Waals surface area (Å²) in [4.78, 5) is 4.34. The predicted molar refractivity (Wildman–Crippen MR) is 89.3 cm³/mol. The van der Waals surface area contributed by atoms with Crippen LogP contribution in [0.15, 0.2) is 36.7 Å². The number of hydrogen-bond donors (Lipinski definition) is 1. The van der Waals surface area contributed by atoms with E-state index in [0.717, 1.165) is 0 Å². The number of rotatable bonds is 3. The summed E-state index contributed by atoms with van der Waals surface area (Å²) in [6, 6.07) is 9.15. The summed E-state index contributed by atoms with van der Waals surface area (Å²) in [5.41, 5.74) is 1.80. The van der Waals surface area contributed by atoms with E-state index in [-0.39, 0.29) is 0 Å². The lowest BCUT2D eigenvalue weighted by Gasteiger charge is -2.43. The molecule has 0 bridgehead atoms. The third-order valence-corrected chi connectivity index (χ3v) is 5.36. The fourth-order valence-corrected chi connectivity index (χ4v) is 4.12. The van der Waals surface area contributed by atoms with E-state index in [0.29, 0.717) is 17.4 Å². The van der Waals surface area contributed by atoms with Gasteiger partial charge in [0.25, 0.3) is 0 Å². The van der Waals surface area contributed by atoms with Crippen LogP contribution in [0, 0.1) is 11.3 Å². The first kappa shape index (κ1) is 14.5. The summed E-state index contributed by atoms with van der Waals surface area (Å²) >= 11 is 0. The van der Waals surface area contributed by atoms with Crippen LogP contribution < -0.4 is 5.32 Å². The molecule has 0 radical (unpaired) electrons. The minimum Gasteiger partial charge on any atom is -0.313 e. The molecular formula is C19H26N2. The first-order valence-electron chi connectivity index (χ1n) is 8.13. The van der Waals surface area contributed by atoms with Gasteiger partial charge in [-0.1, -0.05) is 44.9 Å². The fourth-order valence-electron chi connectivity index (χ4n) is 4.12. The van der Waals surface area contributed by atoms with Gasteiger partial charge in [-0.25, -0.2) is 0 Å². The minimum absolute atomic E-state index is 0.399. The highest BCUT2D eigenvalue weighted by molar-refractivity contribution is 5.85. The summed E-state index contributed by atoms with van der Waals surface area (Å²) < 4.78 is 0. The molecule has 1 fully saturated rings. The number of benzene rings is 1. The number of hydrogen-bond acceptors (Lipinski definition) is 2. The van der Waals surface area contributed by atoms with Crippen molar-refractivity contribution in [1.82, 2.24) is 10.3 Å². The van der Waals surface area contributed by atoms with E-state index in [4.69, 9.17) is 0 Å². The Morgan fingerprint density at radius 3 is 2.86 bits per heavy atom. The van der Waals surface area contributed by atoms with Crippen LogP contribution in [0.4, 0.5) is 0 Å². The molecule has 2 atom stereocenters. The lowest BCUT2D eigenvalue weighted by Crippen LogP contribution is -2.37. The lowest BCUT2D eigenvalue weighted by molar-refractivity contribution is 0.102. The molecule has 1 aliphatic carbocycles. The van der Waals surface area contributed by atoms with Crippen molar-refractivity contribution < 1.29 is 0 Å². The van der Waals surface area contributed by atoms with Crippen LogP contribution in [-0.2, 0) is 0 Å². The second kappa shape index (κ2) is 5.76.